The van der Waals surface area contributed by atoms with E-state index in [1.807, 2.05) is 6.92 Å². The molecule has 0 aliphatic carbocycles. The smallest absolute Gasteiger partial charge is 0.317 e. The highest BCUT2D eigenvalue weighted by Crippen LogP contribution is 1.96. The maximum absolute atomic E-state index is 11.9. The molecule has 2 unspecified atom stereocenters. The van der Waals surface area contributed by atoms with Gasteiger partial charge in [0.15, 0.2) is 0 Å². The molecule has 0 aliphatic heterocycles. The van der Waals surface area contributed by atoms with Crippen molar-refractivity contribution in [2.75, 3.05) is 27.7 Å². The van der Waals surface area contributed by atoms with Crippen LogP contribution in [0.4, 0.5) is 4.79 Å². The highest BCUT2D eigenvalue weighted by molar-refractivity contribution is 5.86. The van der Waals surface area contributed by atoms with Crippen LogP contribution >= 0.6 is 0 Å². The maximum atomic E-state index is 11.9. The van der Waals surface area contributed by atoms with E-state index in [1.54, 1.807) is 33.0 Å². The summed E-state index contributed by atoms with van der Waals surface area (Å²) in [6, 6.07) is -0.975. The summed E-state index contributed by atoms with van der Waals surface area (Å²) in [5, 5.41) is 5.39. The number of hydrogen-bond donors (Lipinski definition) is 2. The van der Waals surface area contributed by atoms with Crippen molar-refractivity contribution in [3.63, 3.8) is 0 Å². The minimum atomic E-state index is -0.599. The number of nitrogens with one attached hydrogen (secondary N) is 2. The Morgan fingerprint density at radius 1 is 1.05 bits per heavy atom. The first kappa shape index (κ1) is 18.2. The Morgan fingerprint density at radius 2 is 1.60 bits per heavy atom. The lowest BCUT2D eigenvalue weighted by Gasteiger charge is -2.22. The number of amides is 4. The van der Waals surface area contributed by atoms with E-state index in [2.05, 4.69) is 10.6 Å². The van der Waals surface area contributed by atoms with E-state index >= 15 is 0 Å². The second-order valence-electron chi connectivity index (χ2n) is 5.20. The molecule has 0 saturated carbocycles. The third-order valence-electron chi connectivity index (χ3n) is 2.96. The number of hydrogen-bond acceptors (Lipinski definition) is 3. The minimum Gasteiger partial charge on any atom is -0.352 e. The number of nitrogens with zero attached hydrogens (tertiary/aromatic N) is 2. The Bertz CT molecular complexity index is 358. The van der Waals surface area contributed by atoms with Crippen LogP contribution < -0.4 is 10.6 Å². The van der Waals surface area contributed by atoms with Crippen LogP contribution in [0.25, 0.3) is 0 Å². The van der Waals surface area contributed by atoms with Gasteiger partial charge >= 0.3 is 6.03 Å². The second-order valence-corrected chi connectivity index (χ2v) is 5.20. The molecule has 0 rings (SSSR count). The van der Waals surface area contributed by atoms with Crippen molar-refractivity contribution < 1.29 is 14.4 Å². The van der Waals surface area contributed by atoms with Gasteiger partial charge in [-0.1, -0.05) is 0 Å². The normalized spacial score (nSPS) is 13.1. The van der Waals surface area contributed by atoms with E-state index in [1.165, 1.54) is 11.8 Å². The van der Waals surface area contributed by atoms with Crippen molar-refractivity contribution >= 4 is 17.8 Å². The first-order chi connectivity index (χ1) is 9.15. The lowest BCUT2D eigenvalue weighted by atomic mass is 10.2. The van der Waals surface area contributed by atoms with Crippen molar-refractivity contribution in [2.45, 2.75) is 39.3 Å². The molecule has 0 aromatic carbocycles. The summed E-state index contributed by atoms with van der Waals surface area (Å²) in [6.45, 7) is 5.58. The van der Waals surface area contributed by atoms with Crippen LogP contribution in [0.2, 0.25) is 0 Å². The topological polar surface area (TPSA) is 81.8 Å². The zero-order chi connectivity index (χ0) is 15.9. The number of carbonyl (C=O) groups excluding carboxylic acids is 3. The van der Waals surface area contributed by atoms with Gasteiger partial charge in [-0.2, -0.15) is 0 Å². The SMILES string of the molecule is CC(=O)N(C)CCC(C)NC(=O)C(C)NC(=O)N(C)C. The molecule has 2 N–H and O–H groups in total. The van der Waals surface area contributed by atoms with Crippen LogP contribution in [0.15, 0.2) is 0 Å². The number of carbonyl (C=O) groups is 3. The summed E-state index contributed by atoms with van der Waals surface area (Å²) in [5.74, 6) is -0.242. The highest BCUT2D eigenvalue weighted by atomic mass is 16.2. The molecule has 0 spiro atoms. The zero-order valence-corrected chi connectivity index (χ0v) is 13.2. The summed E-state index contributed by atoms with van der Waals surface area (Å²) >= 11 is 0. The fourth-order valence-corrected chi connectivity index (χ4v) is 1.36. The monoisotopic (exact) mass is 286 g/mol. The fourth-order valence-electron chi connectivity index (χ4n) is 1.36. The van der Waals surface area contributed by atoms with E-state index in [0.29, 0.717) is 13.0 Å². The van der Waals surface area contributed by atoms with Crippen LogP contribution in [0.5, 0.6) is 0 Å². The standard InChI is InChI=1S/C13H26N4O3/c1-9(7-8-17(6)11(3)18)14-12(19)10(2)15-13(20)16(4)5/h9-10H,7-8H2,1-6H3,(H,14,19)(H,15,20). The maximum Gasteiger partial charge on any atom is 0.317 e. The Kier molecular flexibility index (Phi) is 7.64. The molecule has 116 valence electrons. The van der Waals surface area contributed by atoms with Crippen LogP contribution in [-0.4, -0.2) is 67.4 Å². The predicted molar refractivity (Wildman–Crippen MR) is 77.2 cm³/mol. The van der Waals surface area contributed by atoms with E-state index < -0.39 is 6.04 Å². The number of rotatable bonds is 6. The molecule has 0 aliphatic rings. The van der Waals surface area contributed by atoms with E-state index in [0.717, 1.165) is 0 Å². The fraction of sp³-hybridized carbons (Fsp3) is 0.769. The summed E-state index contributed by atoms with van der Waals surface area (Å²) in [5.41, 5.74) is 0. The molecule has 0 radical (unpaired) electrons. The molecule has 4 amide bonds. The molecule has 0 aromatic heterocycles. The summed E-state index contributed by atoms with van der Waals surface area (Å²) in [7, 11) is 4.94. The lowest BCUT2D eigenvalue weighted by molar-refractivity contribution is -0.127. The first-order valence-corrected chi connectivity index (χ1v) is 6.65. The first-order valence-electron chi connectivity index (χ1n) is 6.65. The quantitative estimate of drug-likeness (QED) is 0.722. The van der Waals surface area contributed by atoms with E-state index in [4.69, 9.17) is 0 Å². The average molecular weight is 286 g/mol. The largest absolute Gasteiger partial charge is 0.352 e. The Morgan fingerprint density at radius 3 is 2.05 bits per heavy atom. The van der Waals surface area contributed by atoms with Gasteiger partial charge in [-0.15, -0.1) is 0 Å². The van der Waals surface area contributed by atoms with Crippen molar-refractivity contribution in [3.8, 4) is 0 Å². The van der Waals surface area contributed by atoms with Gasteiger partial charge in [0, 0.05) is 40.7 Å². The van der Waals surface area contributed by atoms with Gasteiger partial charge < -0.3 is 20.4 Å². The van der Waals surface area contributed by atoms with Crippen molar-refractivity contribution in [1.82, 2.24) is 20.4 Å². The van der Waals surface area contributed by atoms with Gasteiger partial charge in [0.25, 0.3) is 0 Å². The number of urea groups is 1. The molecule has 7 heteroatoms. The van der Waals surface area contributed by atoms with Gasteiger partial charge in [-0.3, -0.25) is 9.59 Å². The molecule has 2 atom stereocenters. The van der Waals surface area contributed by atoms with Crippen molar-refractivity contribution in [3.05, 3.63) is 0 Å². The molecule has 7 nitrogen and oxygen atoms in total. The molecule has 0 saturated heterocycles. The zero-order valence-electron chi connectivity index (χ0n) is 13.2. The summed E-state index contributed by atoms with van der Waals surface area (Å²) < 4.78 is 0. The van der Waals surface area contributed by atoms with Gasteiger partial charge in [0.05, 0.1) is 0 Å². The lowest BCUT2D eigenvalue weighted by Crippen LogP contribution is -2.50. The second kappa shape index (κ2) is 8.39. The molecule has 0 bridgehead atoms. The molecular formula is C13H26N4O3. The minimum absolute atomic E-state index is 0.00450. The molecular weight excluding hydrogens is 260 g/mol. The van der Waals surface area contributed by atoms with Gasteiger partial charge in [0.2, 0.25) is 11.8 Å². The molecule has 0 fully saturated rings. The predicted octanol–water partition coefficient (Wildman–Crippen LogP) is 0.0192. The van der Waals surface area contributed by atoms with Crippen molar-refractivity contribution in [2.24, 2.45) is 0 Å². The third kappa shape index (κ3) is 6.96. The van der Waals surface area contributed by atoms with E-state index in [-0.39, 0.29) is 23.9 Å². The Labute approximate surface area is 120 Å². The van der Waals surface area contributed by atoms with Gasteiger partial charge in [-0.25, -0.2) is 4.79 Å². The molecule has 20 heavy (non-hydrogen) atoms. The van der Waals surface area contributed by atoms with Crippen LogP contribution in [0.1, 0.15) is 27.2 Å². The molecule has 0 aromatic rings. The van der Waals surface area contributed by atoms with Crippen molar-refractivity contribution in [1.29, 1.82) is 0 Å². The highest BCUT2D eigenvalue weighted by Gasteiger charge is 2.18. The third-order valence-corrected chi connectivity index (χ3v) is 2.96. The van der Waals surface area contributed by atoms with Crippen LogP contribution in [-0.2, 0) is 9.59 Å². The Balaban J connectivity index is 4.12. The summed E-state index contributed by atoms with van der Waals surface area (Å²) in [4.78, 5) is 37.3. The van der Waals surface area contributed by atoms with E-state index in [9.17, 15) is 14.4 Å². The van der Waals surface area contributed by atoms with Crippen LogP contribution in [0.3, 0.4) is 0 Å². The Hall–Kier alpha value is -1.79. The van der Waals surface area contributed by atoms with Gasteiger partial charge in [-0.05, 0) is 20.3 Å². The van der Waals surface area contributed by atoms with Gasteiger partial charge in [0.1, 0.15) is 6.04 Å². The molecule has 0 heterocycles. The average Bonchev–Trinajstić information content (AvgIpc) is 2.35. The summed E-state index contributed by atoms with van der Waals surface area (Å²) in [6.07, 6.45) is 0.663. The van der Waals surface area contributed by atoms with Crippen LogP contribution in [0, 0.1) is 0 Å².